The number of ether oxygens (including phenoxy) is 2. The maximum Gasteiger partial charge on any atom is 0.275 e. The summed E-state index contributed by atoms with van der Waals surface area (Å²) in [5.74, 6) is 0.970. The Morgan fingerprint density at radius 1 is 0.964 bits per heavy atom. The predicted molar refractivity (Wildman–Crippen MR) is 113 cm³/mol. The minimum Gasteiger partial charge on any atom is -0.493 e. The number of benzene rings is 3. The van der Waals surface area contributed by atoms with E-state index in [1.54, 1.807) is 19.6 Å². The molecule has 5 nitrogen and oxygen atoms in total. The minimum absolute atomic E-state index is 0.249. The third-order valence-electron chi connectivity index (χ3n) is 4.41. The van der Waals surface area contributed by atoms with Crippen molar-refractivity contribution in [3.8, 4) is 22.1 Å². The van der Waals surface area contributed by atoms with E-state index < -0.39 is 0 Å². The molecule has 0 fully saturated rings. The number of methoxy groups -OCH3 is 2. The van der Waals surface area contributed by atoms with E-state index in [4.69, 9.17) is 9.47 Å². The van der Waals surface area contributed by atoms with Crippen LogP contribution in [0.5, 0.6) is 11.5 Å². The van der Waals surface area contributed by atoms with Gasteiger partial charge >= 0.3 is 0 Å². The number of anilines is 1. The van der Waals surface area contributed by atoms with E-state index in [2.05, 4.69) is 10.3 Å². The van der Waals surface area contributed by atoms with Crippen LogP contribution in [0.1, 0.15) is 10.5 Å². The van der Waals surface area contributed by atoms with Gasteiger partial charge in [-0.2, -0.15) is 0 Å². The molecule has 1 N–H and O–H groups in total. The SMILES string of the molecule is COc1cccc(-c2nc(C(=O)Nc3cccc4ccccc34)cs2)c1OC. The molecule has 0 saturated heterocycles. The molecule has 0 aliphatic heterocycles. The van der Waals surface area contributed by atoms with E-state index in [1.807, 2.05) is 60.7 Å². The molecule has 1 heterocycles. The van der Waals surface area contributed by atoms with Gasteiger partial charge < -0.3 is 14.8 Å². The highest BCUT2D eigenvalue weighted by Crippen LogP contribution is 2.39. The quantitative estimate of drug-likeness (QED) is 0.507. The molecule has 0 radical (unpaired) electrons. The lowest BCUT2D eigenvalue weighted by Crippen LogP contribution is -2.12. The van der Waals surface area contributed by atoms with Gasteiger partial charge in [0.2, 0.25) is 0 Å². The standard InChI is InChI=1S/C22H18N2O3S/c1-26-19-12-6-10-16(20(19)27-2)22-24-18(13-28-22)21(25)23-17-11-5-8-14-7-3-4-9-15(14)17/h3-13H,1-2H3,(H,23,25). The Labute approximate surface area is 166 Å². The smallest absolute Gasteiger partial charge is 0.275 e. The molecule has 0 bridgehead atoms. The minimum atomic E-state index is -0.249. The lowest BCUT2D eigenvalue weighted by Gasteiger charge is -2.10. The summed E-state index contributed by atoms with van der Waals surface area (Å²) in [5, 5.41) is 7.46. The van der Waals surface area contributed by atoms with Crippen molar-refractivity contribution in [2.75, 3.05) is 19.5 Å². The number of aromatic nitrogens is 1. The third kappa shape index (κ3) is 3.30. The Balaban J connectivity index is 1.64. The molecule has 6 heteroatoms. The number of amides is 1. The number of fused-ring (bicyclic) bond motifs is 1. The monoisotopic (exact) mass is 390 g/mol. The van der Waals surface area contributed by atoms with Gasteiger partial charge in [-0.25, -0.2) is 4.98 Å². The van der Waals surface area contributed by atoms with E-state index in [0.29, 0.717) is 22.2 Å². The van der Waals surface area contributed by atoms with Crippen LogP contribution < -0.4 is 14.8 Å². The normalized spacial score (nSPS) is 10.6. The van der Waals surface area contributed by atoms with Gasteiger partial charge in [-0.3, -0.25) is 4.79 Å². The summed E-state index contributed by atoms with van der Waals surface area (Å²) in [7, 11) is 3.18. The lowest BCUT2D eigenvalue weighted by atomic mass is 10.1. The van der Waals surface area contributed by atoms with Gasteiger partial charge in [0.05, 0.1) is 19.8 Å². The Morgan fingerprint density at radius 2 is 1.75 bits per heavy atom. The fourth-order valence-corrected chi connectivity index (χ4v) is 3.90. The molecular weight excluding hydrogens is 372 g/mol. The number of carbonyl (C=O) groups excluding carboxylic acids is 1. The molecule has 3 aromatic carbocycles. The Morgan fingerprint density at radius 3 is 2.57 bits per heavy atom. The highest BCUT2D eigenvalue weighted by atomic mass is 32.1. The van der Waals surface area contributed by atoms with Crippen molar-refractivity contribution < 1.29 is 14.3 Å². The Hall–Kier alpha value is -3.38. The summed E-state index contributed by atoms with van der Waals surface area (Å²) in [6.07, 6.45) is 0. The molecule has 28 heavy (non-hydrogen) atoms. The summed E-state index contributed by atoms with van der Waals surface area (Å²) in [6, 6.07) is 19.3. The van der Waals surface area contributed by atoms with E-state index in [9.17, 15) is 4.79 Å². The second-order valence-corrected chi connectivity index (χ2v) is 6.92. The molecular formula is C22H18N2O3S. The summed E-state index contributed by atoms with van der Waals surface area (Å²) in [6.45, 7) is 0. The molecule has 0 spiro atoms. The highest BCUT2D eigenvalue weighted by molar-refractivity contribution is 7.13. The number of thiazole rings is 1. The van der Waals surface area contributed by atoms with Crippen molar-refractivity contribution in [2.24, 2.45) is 0 Å². The van der Waals surface area contributed by atoms with Crippen LogP contribution in [0.25, 0.3) is 21.3 Å². The van der Waals surface area contributed by atoms with Crippen molar-refractivity contribution >= 4 is 33.7 Å². The fraction of sp³-hybridized carbons (Fsp3) is 0.0909. The maximum absolute atomic E-state index is 12.8. The van der Waals surface area contributed by atoms with Crippen LogP contribution in [0, 0.1) is 0 Å². The predicted octanol–water partition coefficient (Wildman–Crippen LogP) is 5.23. The van der Waals surface area contributed by atoms with Gasteiger partial charge in [-0.1, -0.05) is 42.5 Å². The maximum atomic E-state index is 12.8. The molecule has 0 unspecified atom stereocenters. The van der Waals surface area contributed by atoms with Crippen LogP contribution in [0.15, 0.2) is 66.0 Å². The van der Waals surface area contributed by atoms with Crippen molar-refractivity contribution in [2.45, 2.75) is 0 Å². The van der Waals surface area contributed by atoms with Gasteiger partial charge in [0.1, 0.15) is 10.7 Å². The van der Waals surface area contributed by atoms with Crippen LogP contribution in [-0.4, -0.2) is 25.1 Å². The first-order chi connectivity index (χ1) is 13.7. The van der Waals surface area contributed by atoms with Crippen LogP contribution in [0.3, 0.4) is 0 Å². The zero-order valence-electron chi connectivity index (χ0n) is 15.4. The summed E-state index contributed by atoms with van der Waals surface area (Å²) in [4.78, 5) is 17.3. The zero-order valence-corrected chi connectivity index (χ0v) is 16.2. The number of nitrogens with zero attached hydrogens (tertiary/aromatic N) is 1. The molecule has 0 saturated carbocycles. The van der Waals surface area contributed by atoms with Crippen LogP contribution >= 0.6 is 11.3 Å². The van der Waals surface area contributed by atoms with Crippen molar-refractivity contribution in [1.82, 2.24) is 4.98 Å². The van der Waals surface area contributed by atoms with Crippen molar-refractivity contribution in [3.05, 3.63) is 71.7 Å². The molecule has 1 aromatic heterocycles. The Kier molecular flexibility index (Phi) is 4.95. The molecule has 0 atom stereocenters. The molecule has 4 rings (SSSR count). The average Bonchev–Trinajstić information content (AvgIpc) is 3.23. The number of rotatable bonds is 5. The van der Waals surface area contributed by atoms with E-state index in [0.717, 1.165) is 22.0 Å². The number of carbonyl (C=O) groups is 1. The first kappa shape index (κ1) is 18.0. The van der Waals surface area contributed by atoms with Crippen LogP contribution in [0.4, 0.5) is 5.69 Å². The van der Waals surface area contributed by atoms with Gasteiger partial charge in [-0.05, 0) is 23.6 Å². The van der Waals surface area contributed by atoms with E-state index in [-0.39, 0.29) is 5.91 Å². The molecule has 0 aliphatic carbocycles. The van der Waals surface area contributed by atoms with Gasteiger partial charge in [0.15, 0.2) is 11.5 Å². The summed E-state index contributed by atoms with van der Waals surface area (Å²) < 4.78 is 10.8. The molecule has 140 valence electrons. The second-order valence-electron chi connectivity index (χ2n) is 6.06. The second kappa shape index (κ2) is 7.70. The number of hydrogen-bond acceptors (Lipinski definition) is 5. The van der Waals surface area contributed by atoms with E-state index >= 15 is 0 Å². The Bertz CT molecular complexity index is 1150. The fourth-order valence-electron chi connectivity index (χ4n) is 3.08. The van der Waals surface area contributed by atoms with Crippen LogP contribution in [0.2, 0.25) is 0 Å². The molecule has 1 amide bonds. The van der Waals surface area contributed by atoms with Crippen molar-refractivity contribution in [1.29, 1.82) is 0 Å². The van der Waals surface area contributed by atoms with Gasteiger partial charge in [0.25, 0.3) is 5.91 Å². The van der Waals surface area contributed by atoms with Crippen LogP contribution in [-0.2, 0) is 0 Å². The number of hydrogen-bond donors (Lipinski definition) is 1. The first-order valence-electron chi connectivity index (χ1n) is 8.67. The number of para-hydroxylation sites is 1. The van der Waals surface area contributed by atoms with Crippen molar-refractivity contribution in [3.63, 3.8) is 0 Å². The molecule has 0 aliphatic rings. The highest BCUT2D eigenvalue weighted by Gasteiger charge is 2.17. The van der Waals surface area contributed by atoms with Gasteiger partial charge in [0, 0.05) is 16.5 Å². The average molecular weight is 390 g/mol. The summed E-state index contributed by atoms with van der Waals surface area (Å²) in [5.41, 5.74) is 1.91. The third-order valence-corrected chi connectivity index (χ3v) is 5.28. The molecule has 4 aromatic rings. The largest absolute Gasteiger partial charge is 0.493 e. The summed E-state index contributed by atoms with van der Waals surface area (Å²) >= 11 is 1.39. The van der Waals surface area contributed by atoms with Gasteiger partial charge in [-0.15, -0.1) is 11.3 Å². The van der Waals surface area contributed by atoms with E-state index in [1.165, 1.54) is 11.3 Å². The number of nitrogens with one attached hydrogen (secondary N) is 1. The first-order valence-corrected chi connectivity index (χ1v) is 9.55. The zero-order chi connectivity index (χ0) is 19.5. The lowest BCUT2D eigenvalue weighted by molar-refractivity contribution is 0.102. The topological polar surface area (TPSA) is 60.5 Å².